The van der Waals surface area contributed by atoms with Gasteiger partial charge in [0.05, 0.1) is 7.11 Å². The van der Waals surface area contributed by atoms with E-state index in [0.717, 1.165) is 10.1 Å². The van der Waals surface area contributed by atoms with Crippen molar-refractivity contribution in [3.8, 4) is 5.75 Å². The van der Waals surface area contributed by atoms with Gasteiger partial charge in [0.2, 0.25) is 0 Å². The summed E-state index contributed by atoms with van der Waals surface area (Å²) in [5.74, 6) is 0.874. The fourth-order valence-electron chi connectivity index (χ4n) is 1.21. The molecule has 0 saturated heterocycles. The quantitative estimate of drug-likeness (QED) is 0.821. The Balaban J connectivity index is 2.65. The van der Waals surface area contributed by atoms with Crippen molar-refractivity contribution in [2.24, 2.45) is 0 Å². The molecule has 0 spiro atoms. The second-order valence-corrected chi connectivity index (χ2v) is 4.61. The van der Waals surface area contributed by atoms with Gasteiger partial charge < -0.3 is 10.1 Å². The molecule has 0 aliphatic rings. The first-order chi connectivity index (χ1) is 7.17. The van der Waals surface area contributed by atoms with Crippen LogP contribution in [-0.4, -0.2) is 17.7 Å². The Kier molecular flexibility index (Phi) is 4.91. The minimum Gasteiger partial charge on any atom is -0.497 e. The SMILES string of the molecule is COc1ccc(C(C)NC(=S)SC)cc1. The molecular weight excluding hydrogens is 226 g/mol. The van der Waals surface area contributed by atoms with Gasteiger partial charge in [0.25, 0.3) is 0 Å². The number of hydrogen-bond acceptors (Lipinski definition) is 3. The van der Waals surface area contributed by atoms with Crippen molar-refractivity contribution in [2.45, 2.75) is 13.0 Å². The van der Waals surface area contributed by atoms with E-state index < -0.39 is 0 Å². The van der Waals surface area contributed by atoms with Crippen LogP contribution in [0.1, 0.15) is 18.5 Å². The van der Waals surface area contributed by atoms with Gasteiger partial charge >= 0.3 is 0 Å². The van der Waals surface area contributed by atoms with Crippen LogP contribution in [0.5, 0.6) is 5.75 Å². The summed E-state index contributed by atoms with van der Waals surface area (Å²) < 4.78 is 5.92. The molecule has 0 aromatic heterocycles. The summed E-state index contributed by atoms with van der Waals surface area (Å²) in [6, 6.07) is 8.22. The van der Waals surface area contributed by atoms with Crippen molar-refractivity contribution in [3.05, 3.63) is 29.8 Å². The predicted molar refractivity (Wildman–Crippen MR) is 70.7 cm³/mol. The molecule has 0 amide bonds. The number of thiocarbonyl (C=S) groups is 1. The van der Waals surface area contributed by atoms with Crippen LogP contribution in [0, 0.1) is 0 Å². The number of methoxy groups -OCH3 is 1. The first-order valence-corrected chi connectivity index (χ1v) is 6.29. The van der Waals surface area contributed by atoms with Gasteiger partial charge in [-0.25, -0.2) is 0 Å². The molecule has 0 fully saturated rings. The highest BCUT2D eigenvalue weighted by Crippen LogP contribution is 2.17. The lowest BCUT2D eigenvalue weighted by atomic mass is 10.1. The van der Waals surface area contributed by atoms with E-state index in [0.29, 0.717) is 0 Å². The van der Waals surface area contributed by atoms with Gasteiger partial charge in [-0.05, 0) is 30.9 Å². The maximum Gasteiger partial charge on any atom is 0.133 e. The Labute approximate surface area is 100 Å². The van der Waals surface area contributed by atoms with Gasteiger partial charge in [-0.3, -0.25) is 0 Å². The van der Waals surface area contributed by atoms with Gasteiger partial charge in [0, 0.05) is 6.04 Å². The number of hydrogen-bond donors (Lipinski definition) is 1. The molecule has 2 nitrogen and oxygen atoms in total. The van der Waals surface area contributed by atoms with Gasteiger partial charge in [0.15, 0.2) is 0 Å². The van der Waals surface area contributed by atoms with Crippen LogP contribution in [-0.2, 0) is 0 Å². The standard InChI is InChI=1S/C11H15NOS2/c1-8(12-11(14)15-3)9-4-6-10(13-2)7-5-9/h4-8H,1-3H3,(H,12,14). The minimum atomic E-state index is 0.232. The van der Waals surface area contributed by atoms with Crippen molar-refractivity contribution < 1.29 is 4.74 Å². The monoisotopic (exact) mass is 241 g/mol. The molecule has 1 atom stereocenters. The highest BCUT2D eigenvalue weighted by atomic mass is 32.2. The van der Waals surface area contributed by atoms with Crippen LogP contribution in [0.2, 0.25) is 0 Å². The first kappa shape index (κ1) is 12.3. The van der Waals surface area contributed by atoms with E-state index >= 15 is 0 Å². The van der Waals surface area contributed by atoms with Crippen molar-refractivity contribution in [1.29, 1.82) is 0 Å². The summed E-state index contributed by atoms with van der Waals surface area (Å²) in [6.07, 6.45) is 1.97. The summed E-state index contributed by atoms with van der Waals surface area (Å²) in [7, 11) is 1.67. The van der Waals surface area contributed by atoms with Gasteiger partial charge in [-0.1, -0.05) is 24.4 Å². The predicted octanol–water partition coefficient (Wildman–Crippen LogP) is 2.99. The van der Waals surface area contributed by atoms with E-state index in [2.05, 4.69) is 12.2 Å². The van der Waals surface area contributed by atoms with Crippen molar-refractivity contribution in [1.82, 2.24) is 5.32 Å². The number of thioether (sulfide) groups is 1. The zero-order valence-corrected chi connectivity index (χ0v) is 10.7. The van der Waals surface area contributed by atoms with E-state index in [4.69, 9.17) is 17.0 Å². The van der Waals surface area contributed by atoms with Crippen LogP contribution in [0.15, 0.2) is 24.3 Å². The molecular formula is C11H15NOS2. The van der Waals surface area contributed by atoms with Crippen molar-refractivity contribution in [3.63, 3.8) is 0 Å². The van der Waals surface area contributed by atoms with Gasteiger partial charge in [-0.2, -0.15) is 0 Å². The molecule has 1 unspecified atom stereocenters. The van der Waals surface area contributed by atoms with Crippen molar-refractivity contribution in [2.75, 3.05) is 13.4 Å². The third-order valence-corrected chi connectivity index (χ3v) is 3.24. The molecule has 82 valence electrons. The Bertz CT molecular complexity index is 324. The maximum absolute atomic E-state index is 5.11. The minimum absolute atomic E-state index is 0.232. The number of ether oxygens (including phenoxy) is 1. The number of nitrogens with one attached hydrogen (secondary N) is 1. The fourth-order valence-corrected chi connectivity index (χ4v) is 1.68. The maximum atomic E-state index is 5.11. The molecule has 0 radical (unpaired) electrons. The van der Waals surface area contributed by atoms with Gasteiger partial charge in [-0.15, -0.1) is 11.8 Å². The highest BCUT2D eigenvalue weighted by Gasteiger charge is 2.05. The van der Waals surface area contributed by atoms with Crippen LogP contribution in [0.25, 0.3) is 0 Å². The summed E-state index contributed by atoms with van der Waals surface area (Å²) in [5, 5.41) is 3.24. The van der Waals surface area contributed by atoms with E-state index in [1.807, 2.05) is 30.5 Å². The molecule has 1 rings (SSSR count). The number of rotatable bonds is 3. The third-order valence-electron chi connectivity index (χ3n) is 2.14. The molecule has 0 aliphatic heterocycles. The zero-order valence-electron chi connectivity index (χ0n) is 9.11. The Hall–Kier alpha value is -0.740. The zero-order chi connectivity index (χ0) is 11.3. The average Bonchev–Trinajstić information content (AvgIpc) is 2.29. The van der Waals surface area contributed by atoms with E-state index in [-0.39, 0.29) is 6.04 Å². The van der Waals surface area contributed by atoms with Gasteiger partial charge in [0.1, 0.15) is 10.1 Å². The molecule has 1 aromatic carbocycles. The molecule has 0 saturated carbocycles. The molecule has 15 heavy (non-hydrogen) atoms. The average molecular weight is 241 g/mol. The lowest BCUT2D eigenvalue weighted by Gasteiger charge is -2.15. The third kappa shape index (κ3) is 3.72. The topological polar surface area (TPSA) is 21.3 Å². The van der Waals surface area contributed by atoms with Crippen LogP contribution in [0.4, 0.5) is 0 Å². The largest absolute Gasteiger partial charge is 0.497 e. The Morgan fingerprint density at radius 3 is 2.47 bits per heavy atom. The summed E-state index contributed by atoms with van der Waals surface area (Å²) >= 11 is 6.66. The summed E-state index contributed by atoms with van der Waals surface area (Å²) in [4.78, 5) is 0. The molecule has 4 heteroatoms. The Morgan fingerprint density at radius 2 is 2.00 bits per heavy atom. The molecule has 1 N–H and O–H groups in total. The summed E-state index contributed by atoms with van der Waals surface area (Å²) in [6.45, 7) is 2.09. The van der Waals surface area contributed by atoms with E-state index in [1.54, 1.807) is 18.9 Å². The Morgan fingerprint density at radius 1 is 1.40 bits per heavy atom. The lowest BCUT2D eigenvalue weighted by Crippen LogP contribution is -2.21. The van der Waals surface area contributed by atoms with Crippen LogP contribution < -0.4 is 10.1 Å². The molecule has 0 bridgehead atoms. The first-order valence-electron chi connectivity index (χ1n) is 4.65. The molecule has 1 aromatic rings. The fraction of sp³-hybridized carbons (Fsp3) is 0.364. The second-order valence-electron chi connectivity index (χ2n) is 3.13. The lowest BCUT2D eigenvalue weighted by molar-refractivity contribution is 0.414. The summed E-state index contributed by atoms with van der Waals surface area (Å²) in [5.41, 5.74) is 1.20. The smallest absolute Gasteiger partial charge is 0.133 e. The molecule has 0 aliphatic carbocycles. The highest BCUT2D eigenvalue weighted by molar-refractivity contribution is 8.22. The molecule has 0 heterocycles. The van der Waals surface area contributed by atoms with E-state index in [1.165, 1.54) is 5.56 Å². The van der Waals surface area contributed by atoms with E-state index in [9.17, 15) is 0 Å². The van der Waals surface area contributed by atoms with Crippen molar-refractivity contribution >= 4 is 28.3 Å². The van der Waals surface area contributed by atoms with Crippen LogP contribution >= 0.6 is 24.0 Å². The normalized spacial score (nSPS) is 11.9. The second kappa shape index (κ2) is 5.98. The number of benzene rings is 1. The van der Waals surface area contributed by atoms with Crippen LogP contribution in [0.3, 0.4) is 0 Å².